The number of carboxylic acid groups (broad SMARTS) is 2. The van der Waals surface area contributed by atoms with Crippen molar-refractivity contribution in [3.05, 3.63) is 29.6 Å². The molecule has 2 N–H and O–H groups in total. The Morgan fingerprint density at radius 2 is 1.54 bits per heavy atom. The van der Waals surface area contributed by atoms with Crippen molar-refractivity contribution in [1.29, 1.82) is 0 Å². The van der Waals surface area contributed by atoms with Crippen LogP contribution in [0.15, 0.2) is 18.5 Å². The lowest BCUT2D eigenvalue weighted by Gasteiger charge is -1.95. The molecule has 0 saturated heterocycles. The number of aromatic carboxylic acids is 2. The summed E-state index contributed by atoms with van der Waals surface area (Å²) in [5.41, 5.74) is -0.0789. The Bertz CT molecular complexity index is 340. The zero-order valence-corrected chi connectivity index (χ0v) is 6.89. The molecule has 5 heteroatoms. The van der Waals surface area contributed by atoms with Gasteiger partial charge in [-0.3, -0.25) is 0 Å². The van der Waals surface area contributed by atoms with Crippen molar-refractivity contribution in [2.45, 2.75) is 0 Å². The molecule has 0 aromatic carbocycles. The first kappa shape index (κ1) is 9.18. The molecule has 0 aliphatic rings. The van der Waals surface area contributed by atoms with Crippen molar-refractivity contribution in [2.24, 2.45) is 7.05 Å². The SMILES string of the molecule is C[n+]1cc(C(=O)O)cc(C(=O)O)c1. The Morgan fingerprint density at radius 3 is 1.85 bits per heavy atom. The maximum absolute atomic E-state index is 10.5. The van der Waals surface area contributed by atoms with Crippen molar-refractivity contribution >= 4 is 11.9 Å². The Labute approximate surface area is 73.9 Å². The summed E-state index contributed by atoms with van der Waals surface area (Å²) in [6.45, 7) is 0. The van der Waals surface area contributed by atoms with Crippen LogP contribution in [0.3, 0.4) is 0 Å². The minimum absolute atomic E-state index is 0.0394. The molecule has 1 aromatic rings. The van der Waals surface area contributed by atoms with Gasteiger partial charge in [0.25, 0.3) is 0 Å². The van der Waals surface area contributed by atoms with Gasteiger partial charge in [-0.2, -0.15) is 0 Å². The van der Waals surface area contributed by atoms with Crippen molar-refractivity contribution in [2.75, 3.05) is 0 Å². The Kier molecular flexibility index (Phi) is 2.27. The summed E-state index contributed by atoms with van der Waals surface area (Å²) in [4.78, 5) is 21.0. The van der Waals surface area contributed by atoms with Gasteiger partial charge in [0.05, 0.1) is 0 Å². The van der Waals surface area contributed by atoms with Crippen LogP contribution in [-0.4, -0.2) is 22.2 Å². The lowest BCUT2D eigenvalue weighted by Crippen LogP contribution is -2.30. The maximum atomic E-state index is 10.5. The highest BCUT2D eigenvalue weighted by Crippen LogP contribution is 2.00. The van der Waals surface area contributed by atoms with Crippen LogP contribution in [0.4, 0.5) is 0 Å². The van der Waals surface area contributed by atoms with Gasteiger partial charge in [0.1, 0.15) is 18.2 Å². The molecule has 1 aromatic heterocycles. The van der Waals surface area contributed by atoms with Crippen LogP contribution < -0.4 is 4.57 Å². The van der Waals surface area contributed by atoms with Gasteiger partial charge in [0, 0.05) is 0 Å². The number of hydrogen-bond acceptors (Lipinski definition) is 2. The molecule has 5 nitrogen and oxygen atoms in total. The first-order valence-electron chi connectivity index (χ1n) is 3.47. The Hall–Kier alpha value is -1.91. The molecule has 0 aliphatic carbocycles. The fourth-order valence-electron chi connectivity index (χ4n) is 0.952. The van der Waals surface area contributed by atoms with Gasteiger partial charge in [0.2, 0.25) is 0 Å². The summed E-state index contributed by atoms with van der Waals surface area (Å²) in [6, 6.07) is 1.12. The predicted octanol–water partition coefficient (Wildman–Crippen LogP) is -0.0925. The molecule has 1 heterocycles. The second-order valence-corrected chi connectivity index (χ2v) is 2.59. The fourth-order valence-corrected chi connectivity index (χ4v) is 0.952. The average Bonchev–Trinajstić information content (AvgIpc) is 2.03. The predicted molar refractivity (Wildman–Crippen MR) is 41.5 cm³/mol. The summed E-state index contributed by atoms with van der Waals surface area (Å²) < 4.78 is 1.40. The molecule has 13 heavy (non-hydrogen) atoms. The molecule has 0 amide bonds. The second-order valence-electron chi connectivity index (χ2n) is 2.59. The molecule has 0 fully saturated rings. The molecule has 1 rings (SSSR count). The molecule has 0 bridgehead atoms. The van der Waals surface area contributed by atoms with E-state index in [0.717, 1.165) is 6.07 Å². The highest BCUT2D eigenvalue weighted by atomic mass is 16.4. The zero-order chi connectivity index (χ0) is 10.0. The van der Waals surface area contributed by atoms with Gasteiger partial charge in [0.15, 0.2) is 12.4 Å². The monoisotopic (exact) mass is 182 g/mol. The van der Waals surface area contributed by atoms with Gasteiger partial charge < -0.3 is 10.2 Å². The fraction of sp³-hybridized carbons (Fsp3) is 0.125. The van der Waals surface area contributed by atoms with Gasteiger partial charge in [-0.05, 0) is 6.07 Å². The van der Waals surface area contributed by atoms with E-state index in [1.165, 1.54) is 17.0 Å². The molecule has 0 radical (unpaired) electrons. The Morgan fingerprint density at radius 1 is 1.15 bits per heavy atom. The van der Waals surface area contributed by atoms with Crippen LogP contribution in [0.5, 0.6) is 0 Å². The van der Waals surface area contributed by atoms with Crippen LogP contribution in [0.25, 0.3) is 0 Å². The van der Waals surface area contributed by atoms with Crippen LogP contribution in [0.2, 0.25) is 0 Å². The third-order valence-corrected chi connectivity index (χ3v) is 1.49. The van der Waals surface area contributed by atoms with Gasteiger partial charge in [-0.1, -0.05) is 0 Å². The summed E-state index contributed by atoms with van der Waals surface area (Å²) >= 11 is 0. The van der Waals surface area contributed by atoms with E-state index < -0.39 is 11.9 Å². The van der Waals surface area contributed by atoms with E-state index in [4.69, 9.17) is 10.2 Å². The quantitative estimate of drug-likeness (QED) is 0.626. The van der Waals surface area contributed by atoms with Crippen LogP contribution in [0.1, 0.15) is 20.7 Å². The molecule has 0 saturated carbocycles. The van der Waals surface area contributed by atoms with E-state index in [-0.39, 0.29) is 11.1 Å². The highest BCUT2D eigenvalue weighted by molar-refractivity contribution is 5.92. The lowest BCUT2D eigenvalue weighted by molar-refractivity contribution is -0.671. The normalized spacial score (nSPS) is 9.62. The summed E-state index contributed by atoms with van der Waals surface area (Å²) in [7, 11) is 1.57. The van der Waals surface area contributed by atoms with Crippen LogP contribution >= 0.6 is 0 Å². The van der Waals surface area contributed by atoms with E-state index >= 15 is 0 Å². The topological polar surface area (TPSA) is 78.5 Å². The molecule has 68 valence electrons. The lowest BCUT2D eigenvalue weighted by atomic mass is 10.2. The maximum Gasteiger partial charge on any atom is 0.341 e. The van der Waals surface area contributed by atoms with Crippen molar-refractivity contribution in [3.8, 4) is 0 Å². The first-order valence-corrected chi connectivity index (χ1v) is 3.47. The average molecular weight is 182 g/mol. The molecule has 0 unspecified atom stereocenters. The molecular weight excluding hydrogens is 174 g/mol. The van der Waals surface area contributed by atoms with E-state index in [0.29, 0.717) is 0 Å². The minimum atomic E-state index is -1.14. The van der Waals surface area contributed by atoms with Crippen molar-refractivity contribution in [3.63, 3.8) is 0 Å². The summed E-state index contributed by atoms with van der Waals surface area (Å²) in [5, 5.41) is 17.2. The minimum Gasteiger partial charge on any atom is -0.477 e. The highest BCUT2D eigenvalue weighted by Gasteiger charge is 2.14. The number of rotatable bonds is 2. The van der Waals surface area contributed by atoms with Crippen molar-refractivity contribution < 1.29 is 24.4 Å². The summed E-state index contributed by atoms with van der Waals surface area (Å²) in [6.07, 6.45) is 2.68. The Balaban J connectivity index is 3.26. The van der Waals surface area contributed by atoms with Crippen molar-refractivity contribution in [1.82, 2.24) is 0 Å². The van der Waals surface area contributed by atoms with Gasteiger partial charge in [-0.25, -0.2) is 14.2 Å². The third-order valence-electron chi connectivity index (χ3n) is 1.49. The number of hydrogen-bond donors (Lipinski definition) is 2. The third kappa shape index (κ3) is 2.02. The smallest absolute Gasteiger partial charge is 0.341 e. The summed E-state index contributed by atoms with van der Waals surface area (Å²) in [5.74, 6) is -2.28. The van der Waals surface area contributed by atoms with E-state index in [9.17, 15) is 9.59 Å². The standard InChI is InChI=1S/C8H7NO4/c1-9-3-5(7(10)11)2-6(4-9)8(12)13/h2-4H,1H3,(H-,10,11,12,13)/p+1. The zero-order valence-electron chi connectivity index (χ0n) is 6.89. The molecule has 0 spiro atoms. The van der Waals surface area contributed by atoms with Crippen LogP contribution in [-0.2, 0) is 7.05 Å². The van der Waals surface area contributed by atoms with Gasteiger partial charge >= 0.3 is 11.9 Å². The number of carboxylic acids is 2. The van der Waals surface area contributed by atoms with E-state index in [1.807, 2.05) is 0 Å². The number of nitrogens with zero attached hydrogens (tertiary/aromatic N) is 1. The number of carbonyl (C=O) groups is 2. The number of aryl methyl sites for hydroxylation is 1. The van der Waals surface area contributed by atoms with E-state index in [2.05, 4.69) is 0 Å². The molecule has 0 aliphatic heterocycles. The van der Waals surface area contributed by atoms with Crippen LogP contribution in [0, 0.1) is 0 Å². The number of pyridine rings is 1. The number of aromatic nitrogens is 1. The van der Waals surface area contributed by atoms with E-state index in [1.54, 1.807) is 7.05 Å². The largest absolute Gasteiger partial charge is 0.477 e. The first-order chi connectivity index (χ1) is 6.00. The van der Waals surface area contributed by atoms with Gasteiger partial charge in [-0.15, -0.1) is 0 Å². The molecular formula is C8H8NO4+. The second kappa shape index (κ2) is 3.22. The molecule has 0 atom stereocenters.